The number of hydrogen-bond donors (Lipinski definition) is 1. The van der Waals surface area contributed by atoms with Crippen molar-refractivity contribution in [2.45, 2.75) is 19.5 Å². The van der Waals surface area contributed by atoms with E-state index in [-0.39, 0.29) is 12.6 Å². The summed E-state index contributed by atoms with van der Waals surface area (Å²) in [7, 11) is 1.93. The minimum atomic E-state index is 0.214. The first kappa shape index (κ1) is 11.1. The molecule has 5 nitrogen and oxygen atoms in total. The Bertz CT molecular complexity index is 439. The molecule has 86 valence electrons. The van der Waals surface area contributed by atoms with Crippen molar-refractivity contribution in [2.75, 3.05) is 11.9 Å². The summed E-state index contributed by atoms with van der Waals surface area (Å²) in [6.07, 6.45) is 0. The molecule has 2 heterocycles. The highest BCUT2D eigenvalue weighted by Crippen LogP contribution is 2.26. The van der Waals surface area contributed by atoms with Gasteiger partial charge >= 0.3 is 6.01 Å². The molecule has 0 aliphatic heterocycles. The molecule has 0 aliphatic rings. The van der Waals surface area contributed by atoms with Gasteiger partial charge in [0.1, 0.15) is 0 Å². The van der Waals surface area contributed by atoms with E-state index in [2.05, 4.69) is 28.6 Å². The molecule has 0 radical (unpaired) electrons. The summed E-state index contributed by atoms with van der Waals surface area (Å²) in [5.74, 6) is 0.459. The standard InChI is InChI=1S/C10H14N4OS/c1-7(8-4-3-5-16-8)14(2)10-13-12-9(6-11)15-10/h3-5,7H,6,11H2,1-2H3. The van der Waals surface area contributed by atoms with Crippen LogP contribution in [0, 0.1) is 0 Å². The molecule has 1 atom stereocenters. The van der Waals surface area contributed by atoms with Gasteiger partial charge in [0.25, 0.3) is 0 Å². The molecule has 0 fully saturated rings. The number of rotatable bonds is 4. The molecule has 0 saturated heterocycles. The highest BCUT2D eigenvalue weighted by atomic mass is 32.1. The van der Waals surface area contributed by atoms with Gasteiger partial charge in [-0.05, 0) is 18.4 Å². The largest absolute Gasteiger partial charge is 0.407 e. The van der Waals surface area contributed by atoms with Gasteiger partial charge in [-0.3, -0.25) is 0 Å². The minimum absolute atomic E-state index is 0.214. The molecular weight excluding hydrogens is 224 g/mol. The van der Waals surface area contributed by atoms with E-state index in [4.69, 9.17) is 10.2 Å². The van der Waals surface area contributed by atoms with E-state index in [1.165, 1.54) is 4.88 Å². The van der Waals surface area contributed by atoms with Crippen molar-refractivity contribution in [3.63, 3.8) is 0 Å². The number of nitrogens with zero attached hydrogens (tertiary/aromatic N) is 3. The molecule has 0 bridgehead atoms. The summed E-state index contributed by atoms with van der Waals surface area (Å²) in [5.41, 5.74) is 5.42. The average Bonchev–Trinajstić information content (AvgIpc) is 2.97. The van der Waals surface area contributed by atoms with Crippen LogP contribution in [0.5, 0.6) is 0 Å². The predicted molar refractivity (Wildman–Crippen MR) is 63.3 cm³/mol. The maximum absolute atomic E-state index is 5.42. The third kappa shape index (κ3) is 2.07. The number of nitrogens with two attached hydrogens (primary N) is 1. The lowest BCUT2D eigenvalue weighted by Crippen LogP contribution is -2.21. The van der Waals surface area contributed by atoms with Crippen LogP contribution in [0.4, 0.5) is 6.01 Å². The molecular formula is C10H14N4OS. The topological polar surface area (TPSA) is 68.2 Å². The van der Waals surface area contributed by atoms with E-state index < -0.39 is 0 Å². The lowest BCUT2D eigenvalue weighted by Gasteiger charge is -2.21. The Labute approximate surface area is 97.9 Å². The summed E-state index contributed by atoms with van der Waals surface area (Å²) in [6, 6.07) is 4.84. The fourth-order valence-electron chi connectivity index (χ4n) is 1.36. The zero-order chi connectivity index (χ0) is 11.5. The van der Waals surface area contributed by atoms with Gasteiger partial charge in [0.15, 0.2) is 0 Å². The van der Waals surface area contributed by atoms with Gasteiger partial charge in [-0.25, -0.2) is 0 Å². The van der Waals surface area contributed by atoms with Gasteiger partial charge in [0, 0.05) is 11.9 Å². The van der Waals surface area contributed by atoms with E-state index in [1.807, 2.05) is 18.0 Å². The van der Waals surface area contributed by atoms with Crippen molar-refractivity contribution >= 4 is 17.4 Å². The van der Waals surface area contributed by atoms with E-state index in [0.29, 0.717) is 11.9 Å². The van der Waals surface area contributed by atoms with Crippen LogP contribution >= 0.6 is 11.3 Å². The van der Waals surface area contributed by atoms with Crippen LogP contribution in [-0.4, -0.2) is 17.2 Å². The zero-order valence-electron chi connectivity index (χ0n) is 9.25. The van der Waals surface area contributed by atoms with E-state index in [0.717, 1.165) is 0 Å². The Morgan fingerprint density at radius 3 is 2.94 bits per heavy atom. The molecule has 16 heavy (non-hydrogen) atoms. The maximum atomic E-state index is 5.42. The van der Waals surface area contributed by atoms with Gasteiger partial charge in [-0.1, -0.05) is 11.2 Å². The molecule has 0 spiro atoms. The Morgan fingerprint density at radius 1 is 1.56 bits per heavy atom. The first-order chi connectivity index (χ1) is 7.72. The Balaban J connectivity index is 2.15. The minimum Gasteiger partial charge on any atom is -0.407 e. The van der Waals surface area contributed by atoms with Gasteiger partial charge < -0.3 is 15.1 Å². The Kier molecular flexibility index (Phi) is 3.21. The predicted octanol–water partition coefficient (Wildman–Crippen LogP) is 1.79. The van der Waals surface area contributed by atoms with Crippen molar-refractivity contribution < 1.29 is 4.42 Å². The molecule has 2 aromatic heterocycles. The lowest BCUT2D eigenvalue weighted by atomic mass is 10.2. The smallest absolute Gasteiger partial charge is 0.318 e. The number of anilines is 1. The van der Waals surface area contributed by atoms with Crippen molar-refractivity contribution in [2.24, 2.45) is 5.73 Å². The first-order valence-corrected chi connectivity index (χ1v) is 5.89. The molecule has 6 heteroatoms. The lowest BCUT2D eigenvalue weighted by molar-refractivity contribution is 0.481. The molecule has 2 N–H and O–H groups in total. The van der Waals surface area contributed by atoms with Crippen LogP contribution in [0.25, 0.3) is 0 Å². The second-order valence-corrected chi connectivity index (χ2v) is 4.46. The van der Waals surface area contributed by atoms with Gasteiger partial charge in [0.05, 0.1) is 12.6 Å². The second-order valence-electron chi connectivity index (χ2n) is 3.48. The van der Waals surface area contributed by atoms with Crippen molar-refractivity contribution in [1.82, 2.24) is 10.2 Å². The number of aromatic nitrogens is 2. The van der Waals surface area contributed by atoms with Crippen molar-refractivity contribution in [3.05, 3.63) is 28.3 Å². The molecule has 0 saturated carbocycles. The van der Waals surface area contributed by atoms with Crippen LogP contribution in [0.2, 0.25) is 0 Å². The summed E-state index contributed by atoms with van der Waals surface area (Å²) in [4.78, 5) is 3.20. The molecule has 1 unspecified atom stereocenters. The second kappa shape index (κ2) is 4.63. The first-order valence-electron chi connectivity index (χ1n) is 5.01. The summed E-state index contributed by atoms with van der Waals surface area (Å²) >= 11 is 1.71. The third-order valence-electron chi connectivity index (χ3n) is 2.47. The van der Waals surface area contributed by atoms with Gasteiger partial charge in [-0.15, -0.1) is 16.4 Å². The van der Waals surface area contributed by atoms with E-state index in [1.54, 1.807) is 11.3 Å². The van der Waals surface area contributed by atoms with Crippen molar-refractivity contribution in [3.8, 4) is 0 Å². The third-order valence-corrected chi connectivity index (χ3v) is 3.51. The molecule has 0 aromatic carbocycles. The van der Waals surface area contributed by atoms with E-state index in [9.17, 15) is 0 Å². The van der Waals surface area contributed by atoms with Crippen LogP contribution in [-0.2, 0) is 6.54 Å². The monoisotopic (exact) mass is 238 g/mol. The van der Waals surface area contributed by atoms with E-state index >= 15 is 0 Å². The van der Waals surface area contributed by atoms with Crippen LogP contribution in [0.1, 0.15) is 23.7 Å². The Morgan fingerprint density at radius 2 is 2.38 bits per heavy atom. The Hall–Kier alpha value is -1.40. The SMILES string of the molecule is CC(c1cccs1)N(C)c1nnc(CN)o1. The normalized spacial score (nSPS) is 12.7. The molecule has 0 aliphatic carbocycles. The van der Waals surface area contributed by atoms with Crippen LogP contribution in [0.15, 0.2) is 21.9 Å². The average molecular weight is 238 g/mol. The molecule has 2 rings (SSSR count). The fourth-order valence-corrected chi connectivity index (χ4v) is 2.18. The quantitative estimate of drug-likeness (QED) is 0.879. The number of hydrogen-bond acceptors (Lipinski definition) is 6. The summed E-state index contributed by atoms with van der Waals surface area (Å²) in [5, 5.41) is 9.85. The highest BCUT2D eigenvalue weighted by Gasteiger charge is 2.18. The maximum Gasteiger partial charge on any atom is 0.318 e. The highest BCUT2D eigenvalue weighted by molar-refractivity contribution is 7.10. The number of thiophene rings is 1. The summed E-state index contributed by atoms with van der Waals surface area (Å²) < 4.78 is 5.40. The van der Waals surface area contributed by atoms with Gasteiger partial charge in [0.2, 0.25) is 5.89 Å². The fraction of sp³-hybridized carbons (Fsp3) is 0.400. The summed E-state index contributed by atoms with van der Waals surface area (Å²) in [6.45, 7) is 2.37. The van der Waals surface area contributed by atoms with Crippen molar-refractivity contribution in [1.29, 1.82) is 0 Å². The van der Waals surface area contributed by atoms with Gasteiger partial charge in [-0.2, -0.15) is 0 Å². The zero-order valence-corrected chi connectivity index (χ0v) is 10.1. The molecule has 2 aromatic rings. The van der Waals surface area contributed by atoms with Crippen LogP contribution < -0.4 is 10.6 Å². The molecule has 0 amide bonds. The van der Waals surface area contributed by atoms with Crippen LogP contribution in [0.3, 0.4) is 0 Å².